The number of thiazole rings is 1. The molecule has 0 radical (unpaired) electrons. The second kappa shape index (κ2) is 5.48. The zero-order chi connectivity index (χ0) is 15.9. The third-order valence-electron chi connectivity index (χ3n) is 3.22. The van der Waals surface area contributed by atoms with Crippen molar-refractivity contribution in [2.24, 2.45) is 0 Å². The molecule has 22 heavy (non-hydrogen) atoms. The molecule has 9 heteroatoms. The molecule has 116 valence electrons. The molecule has 0 aromatic carbocycles. The standard InChI is InChI=1S/C13H17N7OS/c1-6(9-7(2)22-8(3)15-9)14-12-13(20(4)5)17-11-10(16-12)18-21-19-11/h6H,1-5H3,(H,14,16,18)/t6-/m0/s1. The number of aryl methyl sites for hydroxylation is 2. The summed E-state index contributed by atoms with van der Waals surface area (Å²) in [5.74, 6) is 1.31. The van der Waals surface area contributed by atoms with E-state index in [0.717, 1.165) is 10.7 Å². The number of nitrogens with one attached hydrogen (secondary N) is 1. The second-order valence-corrected chi connectivity index (χ2v) is 6.65. The van der Waals surface area contributed by atoms with E-state index in [0.29, 0.717) is 22.9 Å². The summed E-state index contributed by atoms with van der Waals surface area (Å²) in [7, 11) is 3.80. The van der Waals surface area contributed by atoms with Gasteiger partial charge in [0.2, 0.25) is 11.3 Å². The molecule has 0 amide bonds. The van der Waals surface area contributed by atoms with Gasteiger partial charge in [0.25, 0.3) is 0 Å². The highest BCUT2D eigenvalue weighted by molar-refractivity contribution is 7.11. The number of fused-ring (bicyclic) bond motifs is 1. The van der Waals surface area contributed by atoms with E-state index >= 15 is 0 Å². The van der Waals surface area contributed by atoms with Crippen LogP contribution in [-0.2, 0) is 0 Å². The Morgan fingerprint density at radius 2 is 1.77 bits per heavy atom. The van der Waals surface area contributed by atoms with Crippen LogP contribution in [0.2, 0.25) is 0 Å². The number of hydrogen-bond donors (Lipinski definition) is 1. The maximum absolute atomic E-state index is 4.68. The molecule has 0 unspecified atom stereocenters. The van der Waals surface area contributed by atoms with Crippen molar-refractivity contribution in [3.63, 3.8) is 0 Å². The number of aromatic nitrogens is 5. The Balaban J connectivity index is 1.98. The van der Waals surface area contributed by atoms with Crippen LogP contribution in [-0.4, -0.2) is 39.4 Å². The van der Waals surface area contributed by atoms with Gasteiger partial charge in [-0.25, -0.2) is 19.6 Å². The van der Waals surface area contributed by atoms with Crippen molar-refractivity contribution < 1.29 is 4.63 Å². The minimum Gasteiger partial charge on any atom is -0.360 e. The Kier molecular flexibility index (Phi) is 3.65. The van der Waals surface area contributed by atoms with E-state index < -0.39 is 0 Å². The highest BCUT2D eigenvalue weighted by Crippen LogP contribution is 2.28. The lowest BCUT2D eigenvalue weighted by Gasteiger charge is -2.19. The lowest BCUT2D eigenvalue weighted by molar-refractivity contribution is 0.314. The van der Waals surface area contributed by atoms with E-state index in [4.69, 9.17) is 0 Å². The first-order valence-corrected chi connectivity index (χ1v) is 7.65. The van der Waals surface area contributed by atoms with Gasteiger partial charge in [0.1, 0.15) is 0 Å². The summed E-state index contributed by atoms with van der Waals surface area (Å²) >= 11 is 1.69. The van der Waals surface area contributed by atoms with Crippen LogP contribution in [0.25, 0.3) is 11.3 Å². The molecule has 0 saturated carbocycles. The Morgan fingerprint density at radius 3 is 2.36 bits per heavy atom. The predicted octanol–water partition coefficient (Wildman–Crippen LogP) is 2.33. The molecule has 0 saturated heterocycles. The summed E-state index contributed by atoms with van der Waals surface area (Å²) in [6, 6.07) is 0.00950. The summed E-state index contributed by atoms with van der Waals surface area (Å²) in [5, 5.41) is 11.9. The number of rotatable bonds is 4. The van der Waals surface area contributed by atoms with Crippen molar-refractivity contribution in [1.82, 2.24) is 25.3 Å². The van der Waals surface area contributed by atoms with Gasteiger partial charge in [-0.15, -0.1) is 11.3 Å². The van der Waals surface area contributed by atoms with Gasteiger partial charge in [-0.2, -0.15) is 0 Å². The highest BCUT2D eigenvalue weighted by atomic mass is 32.1. The Bertz CT molecular complexity index is 810. The van der Waals surface area contributed by atoms with Crippen LogP contribution in [0.1, 0.15) is 28.5 Å². The molecular weight excluding hydrogens is 302 g/mol. The van der Waals surface area contributed by atoms with Crippen molar-refractivity contribution in [2.75, 3.05) is 24.3 Å². The van der Waals surface area contributed by atoms with Crippen molar-refractivity contribution in [2.45, 2.75) is 26.8 Å². The molecule has 0 fully saturated rings. The van der Waals surface area contributed by atoms with E-state index in [-0.39, 0.29) is 6.04 Å². The average molecular weight is 319 g/mol. The fourth-order valence-electron chi connectivity index (χ4n) is 2.26. The lowest BCUT2D eigenvalue weighted by Crippen LogP contribution is -2.17. The van der Waals surface area contributed by atoms with E-state index in [9.17, 15) is 0 Å². The van der Waals surface area contributed by atoms with Crippen LogP contribution in [0.3, 0.4) is 0 Å². The van der Waals surface area contributed by atoms with Gasteiger partial charge in [-0.05, 0) is 31.1 Å². The Hall–Kier alpha value is -2.29. The molecule has 3 rings (SSSR count). The minimum atomic E-state index is 0.00950. The Morgan fingerprint density at radius 1 is 1.09 bits per heavy atom. The molecule has 1 N–H and O–H groups in total. The topological polar surface area (TPSA) is 92.9 Å². The van der Waals surface area contributed by atoms with Crippen LogP contribution in [0.15, 0.2) is 4.63 Å². The summed E-state index contributed by atoms with van der Waals surface area (Å²) in [6.07, 6.45) is 0. The van der Waals surface area contributed by atoms with Crippen LogP contribution >= 0.6 is 11.3 Å². The van der Waals surface area contributed by atoms with Crippen molar-refractivity contribution in [1.29, 1.82) is 0 Å². The van der Waals surface area contributed by atoms with Gasteiger partial charge in [0, 0.05) is 19.0 Å². The van der Waals surface area contributed by atoms with Gasteiger partial charge in [-0.1, -0.05) is 0 Å². The Labute approximate surface area is 131 Å². The zero-order valence-corrected chi connectivity index (χ0v) is 13.9. The summed E-state index contributed by atoms with van der Waals surface area (Å²) < 4.78 is 4.68. The van der Waals surface area contributed by atoms with Gasteiger partial charge < -0.3 is 10.2 Å². The molecule has 0 aliphatic heterocycles. The largest absolute Gasteiger partial charge is 0.360 e. The highest BCUT2D eigenvalue weighted by Gasteiger charge is 2.19. The molecule has 0 spiro atoms. The second-order valence-electron chi connectivity index (χ2n) is 5.24. The molecule has 0 aliphatic rings. The van der Waals surface area contributed by atoms with Crippen molar-refractivity contribution >= 4 is 34.3 Å². The molecular formula is C13H17N7OS. The molecule has 3 aromatic heterocycles. The van der Waals surface area contributed by atoms with Crippen LogP contribution < -0.4 is 10.2 Å². The van der Waals surface area contributed by atoms with Crippen LogP contribution in [0, 0.1) is 13.8 Å². The predicted molar refractivity (Wildman–Crippen MR) is 85.3 cm³/mol. The minimum absolute atomic E-state index is 0.00950. The van der Waals surface area contributed by atoms with Gasteiger partial charge >= 0.3 is 0 Å². The first-order chi connectivity index (χ1) is 10.5. The third kappa shape index (κ3) is 2.59. The number of anilines is 2. The molecule has 0 aliphatic carbocycles. The maximum Gasteiger partial charge on any atom is 0.245 e. The maximum atomic E-state index is 4.68. The van der Waals surface area contributed by atoms with Crippen molar-refractivity contribution in [3.8, 4) is 0 Å². The SMILES string of the molecule is Cc1nc([C@H](C)Nc2nc3nonc3nc2N(C)C)c(C)s1. The third-order valence-corrected chi connectivity index (χ3v) is 4.12. The summed E-state index contributed by atoms with van der Waals surface area (Å²) in [4.78, 5) is 16.5. The monoisotopic (exact) mass is 319 g/mol. The van der Waals surface area contributed by atoms with E-state index in [1.54, 1.807) is 11.3 Å². The first kappa shape index (κ1) is 14.6. The zero-order valence-electron chi connectivity index (χ0n) is 13.1. The number of hydrogen-bond acceptors (Lipinski definition) is 9. The van der Waals surface area contributed by atoms with Crippen LogP contribution in [0.4, 0.5) is 11.6 Å². The smallest absolute Gasteiger partial charge is 0.245 e. The quantitative estimate of drug-likeness (QED) is 0.783. The average Bonchev–Trinajstić information content (AvgIpc) is 3.03. The molecule has 3 heterocycles. The fraction of sp³-hybridized carbons (Fsp3) is 0.462. The van der Waals surface area contributed by atoms with E-state index in [1.165, 1.54) is 4.88 Å². The van der Waals surface area contributed by atoms with Gasteiger partial charge in [-0.3, -0.25) is 0 Å². The lowest BCUT2D eigenvalue weighted by atomic mass is 10.2. The van der Waals surface area contributed by atoms with Gasteiger partial charge in [0.15, 0.2) is 11.6 Å². The summed E-state index contributed by atoms with van der Waals surface area (Å²) in [6.45, 7) is 6.13. The molecule has 1 atom stereocenters. The normalized spacial score (nSPS) is 12.6. The fourth-order valence-corrected chi connectivity index (χ4v) is 3.17. The van der Waals surface area contributed by atoms with Crippen molar-refractivity contribution in [3.05, 3.63) is 15.6 Å². The molecule has 0 bridgehead atoms. The number of nitrogens with zero attached hydrogens (tertiary/aromatic N) is 6. The van der Waals surface area contributed by atoms with E-state index in [2.05, 4.69) is 42.1 Å². The molecule has 8 nitrogen and oxygen atoms in total. The first-order valence-electron chi connectivity index (χ1n) is 6.83. The van der Waals surface area contributed by atoms with Crippen LogP contribution in [0.5, 0.6) is 0 Å². The molecule has 3 aromatic rings. The summed E-state index contributed by atoms with van der Waals surface area (Å²) in [5.41, 5.74) is 1.79. The van der Waals surface area contributed by atoms with Gasteiger partial charge in [0.05, 0.1) is 16.7 Å². The van der Waals surface area contributed by atoms with E-state index in [1.807, 2.05) is 32.8 Å².